The summed E-state index contributed by atoms with van der Waals surface area (Å²) >= 11 is 1.63. The lowest BCUT2D eigenvalue weighted by Crippen LogP contribution is -2.23. The number of H-pyrrole nitrogens is 1. The van der Waals surface area contributed by atoms with E-state index < -0.39 is 0 Å². The Morgan fingerprint density at radius 1 is 1.33 bits per heavy atom. The van der Waals surface area contributed by atoms with Gasteiger partial charge in [0.25, 0.3) is 0 Å². The molecule has 2 aromatic heterocycles. The van der Waals surface area contributed by atoms with Crippen molar-refractivity contribution in [2.45, 2.75) is 12.3 Å². The van der Waals surface area contributed by atoms with Crippen LogP contribution in [-0.2, 0) is 4.79 Å². The lowest BCUT2D eigenvalue weighted by molar-refractivity contribution is -0.116. The fourth-order valence-corrected chi connectivity index (χ4v) is 4.07. The van der Waals surface area contributed by atoms with E-state index in [1.165, 1.54) is 7.11 Å². The van der Waals surface area contributed by atoms with Crippen LogP contribution in [0.15, 0.2) is 36.5 Å². The molecule has 6 nitrogen and oxygen atoms in total. The Labute approximate surface area is 142 Å². The maximum absolute atomic E-state index is 12.1. The highest BCUT2D eigenvalue weighted by atomic mass is 32.1. The molecule has 7 heteroatoms. The van der Waals surface area contributed by atoms with Crippen LogP contribution in [0.25, 0.3) is 10.6 Å². The Balaban J connectivity index is 1.78. The summed E-state index contributed by atoms with van der Waals surface area (Å²) < 4.78 is 5.21. The van der Waals surface area contributed by atoms with Crippen molar-refractivity contribution in [2.75, 3.05) is 12.4 Å². The molecule has 1 aliphatic rings. The second-order valence-electron chi connectivity index (χ2n) is 5.59. The maximum Gasteiger partial charge on any atom is 0.225 e. The lowest BCUT2D eigenvalue weighted by Gasteiger charge is -2.25. The molecule has 0 bridgehead atoms. The van der Waals surface area contributed by atoms with Crippen LogP contribution in [0, 0.1) is 0 Å². The van der Waals surface area contributed by atoms with Crippen molar-refractivity contribution in [3.8, 4) is 22.1 Å². The number of benzene rings is 1. The number of fused-ring (bicyclic) bond motifs is 1. The van der Waals surface area contributed by atoms with E-state index in [0.717, 1.165) is 21.0 Å². The molecular weight excluding hydrogens is 326 g/mol. The zero-order chi connectivity index (χ0) is 16.7. The molecule has 24 heavy (non-hydrogen) atoms. The van der Waals surface area contributed by atoms with E-state index in [1.54, 1.807) is 29.7 Å². The fourth-order valence-electron chi connectivity index (χ4n) is 2.97. The van der Waals surface area contributed by atoms with E-state index in [-0.39, 0.29) is 17.6 Å². The number of aromatic nitrogens is 2. The Bertz CT molecular complexity index is 902. The number of hydrogen-bond donors (Lipinski definition) is 3. The van der Waals surface area contributed by atoms with Crippen LogP contribution in [0.5, 0.6) is 11.5 Å². The highest BCUT2D eigenvalue weighted by Gasteiger charge is 2.29. The molecular formula is C17H15N3O3S. The van der Waals surface area contributed by atoms with Crippen molar-refractivity contribution in [3.05, 3.63) is 47.0 Å². The monoisotopic (exact) mass is 341 g/mol. The smallest absolute Gasteiger partial charge is 0.225 e. The number of methoxy groups -OCH3 is 1. The van der Waals surface area contributed by atoms with E-state index in [0.29, 0.717) is 17.9 Å². The summed E-state index contributed by atoms with van der Waals surface area (Å²) in [5, 5.41) is 19.7. The van der Waals surface area contributed by atoms with Crippen molar-refractivity contribution in [3.63, 3.8) is 0 Å². The minimum atomic E-state index is -0.0649. The molecule has 0 aliphatic carbocycles. The van der Waals surface area contributed by atoms with E-state index in [2.05, 4.69) is 15.5 Å². The van der Waals surface area contributed by atoms with Gasteiger partial charge in [0.2, 0.25) is 5.91 Å². The first-order valence-electron chi connectivity index (χ1n) is 7.46. The number of phenolic OH excluding ortho intramolecular Hbond substituents is 1. The molecule has 122 valence electrons. The number of carbonyl (C=O) groups is 1. The van der Waals surface area contributed by atoms with Gasteiger partial charge in [-0.25, -0.2) is 0 Å². The molecule has 0 saturated carbocycles. The summed E-state index contributed by atoms with van der Waals surface area (Å²) in [6, 6.07) is 9.31. The van der Waals surface area contributed by atoms with Crippen molar-refractivity contribution in [2.24, 2.45) is 0 Å². The quantitative estimate of drug-likeness (QED) is 0.682. The summed E-state index contributed by atoms with van der Waals surface area (Å²) in [6.45, 7) is 0. The number of anilines is 1. The van der Waals surface area contributed by atoms with Crippen molar-refractivity contribution in [1.82, 2.24) is 10.2 Å². The van der Waals surface area contributed by atoms with Crippen LogP contribution in [0.2, 0.25) is 0 Å². The number of aromatic amines is 1. The lowest BCUT2D eigenvalue weighted by atomic mass is 9.89. The van der Waals surface area contributed by atoms with E-state index in [4.69, 9.17) is 4.74 Å². The number of rotatable bonds is 3. The second-order valence-corrected chi connectivity index (χ2v) is 6.70. The summed E-state index contributed by atoms with van der Waals surface area (Å²) in [6.07, 6.45) is 2.08. The third kappa shape index (κ3) is 2.43. The molecule has 1 unspecified atom stereocenters. The molecule has 0 radical (unpaired) electrons. The third-order valence-electron chi connectivity index (χ3n) is 4.13. The van der Waals surface area contributed by atoms with Gasteiger partial charge in [0, 0.05) is 35.2 Å². The number of thiophene rings is 1. The van der Waals surface area contributed by atoms with E-state index in [9.17, 15) is 9.90 Å². The van der Waals surface area contributed by atoms with Crippen molar-refractivity contribution in [1.29, 1.82) is 0 Å². The first kappa shape index (κ1) is 14.8. The molecule has 4 rings (SSSR count). The molecule has 0 saturated heterocycles. The minimum absolute atomic E-state index is 0.0153. The summed E-state index contributed by atoms with van der Waals surface area (Å²) in [5.41, 5.74) is 2.53. The minimum Gasteiger partial charge on any atom is -0.504 e. The van der Waals surface area contributed by atoms with Crippen LogP contribution < -0.4 is 10.1 Å². The molecule has 0 spiro atoms. The van der Waals surface area contributed by atoms with Gasteiger partial charge in [0.1, 0.15) is 0 Å². The molecule has 3 aromatic rings. The summed E-state index contributed by atoms with van der Waals surface area (Å²) in [5.74, 6) is 0.292. The van der Waals surface area contributed by atoms with Gasteiger partial charge in [0.05, 0.1) is 17.7 Å². The van der Waals surface area contributed by atoms with Gasteiger partial charge in [-0.2, -0.15) is 5.10 Å². The number of hydrogen-bond acceptors (Lipinski definition) is 5. The van der Waals surface area contributed by atoms with Crippen LogP contribution in [0.3, 0.4) is 0 Å². The van der Waals surface area contributed by atoms with E-state index >= 15 is 0 Å². The molecule has 3 N–H and O–H groups in total. The Kier molecular flexibility index (Phi) is 3.50. The predicted molar refractivity (Wildman–Crippen MR) is 91.6 cm³/mol. The highest BCUT2D eigenvalue weighted by Crippen LogP contribution is 2.45. The predicted octanol–water partition coefficient (Wildman–Crippen LogP) is 3.33. The molecule has 3 heterocycles. The van der Waals surface area contributed by atoms with Crippen molar-refractivity contribution >= 4 is 22.9 Å². The Hall–Kier alpha value is -2.80. The molecule has 1 atom stereocenters. The standard InChI is InChI=1S/C17H15N3O3S/c1-23-14-6-9-10(7-17(22)19-12(9)8-13(14)21)15-2-3-16(24-15)11-4-5-18-20-11/h2-6,8,10,21H,7H2,1H3,(H,18,20)(H,19,22). The van der Waals surface area contributed by atoms with Gasteiger partial charge in [-0.05, 0) is 29.8 Å². The average Bonchev–Trinajstić information content (AvgIpc) is 3.24. The summed E-state index contributed by atoms with van der Waals surface area (Å²) in [7, 11) is 1.51. The topological polar surface area (TPSA) is 87.2 Å². The number of carbonyl (C=O) groups excluding carboxylic acids is 1. The van der Waals surface area contributed by atoms with Gasteiger partial charge in [-0.3, -0.25) is 9.89 Å². The number of ether oxygens (including phenoxy) is 1. The van der Waals surface area contributed by atoms with Crippen LogP contribution >= 0.6 is 11.3 Å². The first-order valence-corrected chi connectivity index (χ1v) is 8.27. The zero-order valence-corrected chi connectivity index (χ0v) is 13.7. The summed E-state index contributed by atoms with van der Waals surface area (Å²) in [4.78, 5) is 14.2. The van der Waals surface area contributed by atoms with Crippen LogP contribution in [0.4, 0.5) is 5.69 Å². The zero-order valence-electron chi connectivity index (χ0n) is 12.9. The first-order chi connectivity index (χ1) is 11.7. The largest absolute Gasteiger partial charge is 0.504 e. The molecule has 0 fully saturated rings. The Morgan fingerprint density at radius 3 is 2.96 bits per heavy atom. The highest BCUT2D eigenvalue weighted by molar-refractivity contribution is 7.15. The number of nitrogens with one attached hydrogen (secondary N) is 2. The number of aromatic hydroxyl groups is 1. The Morgan fingerprint density at radius 2 is 2.21 bits per heavy atom. The SMILES string of the molecule is COc1cc2c(cc1O)NC(=O)CC2c1ccc(-c2ccn[nH]2)s1. The average molecular weight is 341 g/mol. The van der Waals surface area contributed by atoms with Gasteiger partial charge in [-0.15, -0.1) is 11.3 Å². The number of amides is 1. The van der Waals surface area contributed by atoms with Crippen LogP contribution in [-0.4, -0.2) is 28.3 Å². The number of phenols is 1. The van der Waals surface area contributed by atoms with Crippen LogP contribution in [0.1, 0.15) is 22.8 Å². The van der Waals surface area contributed by atoms with E-state index in [1.807, 2.05) is 18.2 Å². The second kappa shape index (κ2) is 5.68. The fraction of sp³-hybridized carbons (Fsp3) is 0.176. The van der Waals surface area contributed by atoms with Gasteiger partial charge in [0.15, 0.2) is 11.5 Å². The van der Waals surface area contributed by atoms with Gasteiger partial charge in [-0.1, -0.05) is 0 Å². The third-order valence-corrected chi connectivity index (χ3v) is 5.36. The molecule has 1 amide bonds. The van der Waals surface area contributed by atoms with Gasteiger partial charge < -0.3 is 15.2 Å². The number of nitrogens with zero attached hydrogens (tertiary/aromatic N) is 1. The van der Waals surface area contributed by atoms with Gasteiger partial charge >= 0.3 is 0 Å². The molecule has 1 aromatic carbocycles. The normalized spacial score (nSPS) is 16.5. The maximum atomic E-state index is 12.1. The van der Waals surface area contributed by atoms with Crippen molar-refractivity contribution < 1.29 is 14.6 Å². The molecule has 1 aliphatic heterocycles.